The van der Waals surface area contributed by atoms with Crippen molar-refractivity contribution in [3.05, 3.63) is 58.7 Å². The fraction of sp³-hybridized carbons (Fsp3) is 0.500. The molecular weight excluding hydrogens is 519 g/mol. The van der Waals surface area contributed by atoms with Crippen molar-refractivity contribution in [1.29, 1.82) is 0 Å². The van der Waals surface area contributed by atoms with Crippen LogP contribution in [0, 0.1) is 18.8 Å². The molecule has 1 fully saturated rings. The summed E-state index contributed by atoms with van der Waals surface area (Å²) in [6, 6.07) is 10.0. The minimum absolute atomic E-state index is 0.0205. The number of ether oxygens (including phenoxy) is 1. The molecule has 0 aromatic heterocycles. The van der Waals surface area contributed by atoms with Gasteiger partial charge in [-0.25, -0.2) is 8.42 Å². The van der Waals surface area contributed by atoms with Gasteiger partial charge < -0.3 is 19.3 Å². The second-order valence-electron chi connectivity index (χ2n) is 10.7. The largest absolute Gasteiger partial charge is 0.492 e. The molecule has 0 spiro atoms. The summed E-state index contributed by atoms with van der Waals surface area (Å²) in [5, 5.41) is 10.1. The second-order valence-corrected chi connectivity index (χ2v) is 12.7. The minimum atomic E-state index is -3.56. The summed E-state index contributed by atoms with van der Waals surface area (Å²) in [5.41, 5.74) is 3.46. The molecule has 11 heteroatoms. The molecule has 0 bridgehead atoms. The minimum Gasteiger partial charge on any atom is -0.461 e. The molecule has 39 heavy (non-hydrogen) atoms. The molecule has 0 amide bonds. The highest BCUT2D eigenvalue weighted by Gasteiger charge is 2.32. The molecule has 2 heterocycles. The van der Waals surface area contributed by atoms with Gasteiger partial charge >= 0.3 is 13.1 Å². The van der Waals surface area contributed by atoms with Gasteiger partial charge in [0.1, 0.15) is 6.61 Å². The quantitative estimate of drug-likeness (QED) is 0.269. The monoisotopic (exact) mass is 556 g/mol. The molecule has 2 aromatic carbocycles. The standard InChI is InChI=1S/C28H37BN2O7S/c1-19(2)24(11-12-26(32)25-10-7-22-18-38-29(34)27(22)20(25)3)28(33)37-17-21-5-8-23(9-6-21)39(35,36)31-15-13-30(4)14-16-31/h5-10,19,24,34H,11-18H2,1-4H3/t24-/m0/s1. The van der Waals surface area contributed by atoms with Crippen LogP contribution in [0.1, 0.15) is 53.7 Å². The Hall–Kier alpha value is -2.57. The van der Waals surface area contributed by atoms with Crippen LogP contribution in [-0.4, -0.2) is 74.7 Å². The number of rotatable bonds is 10. The Morgan fingerprint density at radius 2 is 1.74 bits per heavy atom. The highest BCUT2D eigenvalue weighted by atomic mass is 32.2. The fourth-order valence-electron chi connectivity index (χ4n) is 5.15. The molecule has 1 saturated heterocycles. The van der Waals surface area contributed by atoms with Crippen LogP contribution in [0.2, 0.25) is 0 Å². The van der Waals surface area contributed by atoms with Gasteiger partial charge in [0.25, 0.3) is 0 Å². The van der Waals surface area contributed by atoms with Gasteiger partial charge in [0.05, 0.1) is 17.4 Å². The normalized spacial score (nSPS) is 17.3. The van der Waals surface area contributed by atoms with Crippen molar-refractivity contribution in [2.75, 3.05) is 33.2 Å². The number of piperazine rings is 1. The summed E-state index contributed by atoms with van der Waals surface area (Å²) in [6.45, 7) is 8.29. The molecule has 4 rings (SSSR count). The smallest absolute Gasteiger partial charge is 0.461 e. The van der Waals surface area contributed by atoms with Crippen molar-refractivity contribution in [2.24, 2.45) is 11.8 Å². The number of esters is 1. The van der Waals surface area contributed by atoms with Crippen LogP contribution in [0.4, 0.5) is 0 Å². The Kier molecular flexibility index (Phi) is 9.28. The molecular formula is C28H37BN2O7S. The van der Waals surface area contributed by atoms with E-state index in [2.05, 4.69) is 4.90 Å². The maximum atomic E-state index is 13.0. The average molecular weight is 556 g/mol. The van der Waals surface area contributed by atoms with Crippen molar-refractivity contribution in [1.82, 2.24) is 9.21 Å². The summed E-state index contributed by atoms with van der Waals surface area (Å²) in [6.07, 6.45) is 0.514. The molecule has 0 radical (unpaired) electrons. The maximum Gasteiger partial charge on any atom is 0.492 e. The van der Waals surface area contributed by atoms with Crippen LogP contribution in [-0.2, 0) is 37.4 Å². The summed E-state index contributed by atoms with van der Waals surface area (Å²) in [7, 11) is -2.61. The van der Waals surface area contributed by atoms with Crippen LogP contribution in [0.15, 0.2) is 41.3 Å². The molecule has 2 aliphatic rings. The predicted molar refractivity (Wildman–Crippen MR) is 148 cm³/mol. The Morgan fingerprint density at radius 3 is 2.38 bits per heavy atom. The van der Waals surface area contributed by atoms with E-state index >= 15 is 0 Å². The van der Waals surface area contributed by atoms with Crippen molar-refractivity contribution in [3.63, 3.8) is 0 Å². The number of Topliss-reactive ketones (excluding diaryl/α,β-unsaturated/α-hetero) is 1. The SMILES string of the molecule is Cc1c(C(=O)CC[C@H](C(=O)OCc2ccc(S(=O)(=O)N3CCN(C)CC3)cc2)C(C)C)ccc2c1B(O)OC2. The van der Waals surface area contributed by atoms with E-state index in [4.69, 9.17) is 9.39 Å². The van der Waals surface area contributed by atoms with Gasteiger partial charge in [-0.3, -0.25) is 9.59 Å². The van der Waals surface area contributed by atoms with Gasteiger partial charge in [-0.15, -0.1) is 0 Å². The van der Waals surface area contributed by atoms with Crippen molar-refractivity contribution in [3.8, 4) is 0 Å². The highest BCUT2D eigenvalue weighted by Crippen LogP contribution is 2.24. The molecule has 9 nitrogen and oxygen atoms in total. The topological polar surface area (TPSA) is 113 Å². The average Bonchev–Trinajstić information content (AvgIpc) is 3.29. The summed E-state index contributed by atoms with van der Waals surface area (Å²) < 4.78 is 38.2. The van der Waals surface area contributed by atoms with Crippen molar-refractivity contribution >= 4 is 34.4 Å². The van der Waals surface area contributed by atoms with Crippen molar-refractivity contribution < 1.29 is 32.4 Å². The number of sulfonamides is 1. The molecule has 1 atom stereocenters. The highest BCUT2D eigenvalue weighted by molar-refractivity contribution is 7.89. The number of hydrogen-bond acceptors (Lipinski definition) is 8. The van der Waals surface area contributed by atoms with E-state index in [-0.39, 0.29) is 35.6 Å². The van der Waals surface area contributed by atoms with Crippen LogP contribution < -0.4 is 5.46 Å². The van der Waals surface area contributed by atoms with E-state index in [1.54, 1.807) is 37.3 Å². The van der Waals surface area contributed by atoms with Crippen LogP contribution in [0.5, 0.6) is 0 Å². The van der Waals surface area contributed by atoms with E-state index in [1.165, 1.54) is 4.31 Å². The van der Waals surface area contributed by atoms with Gasteiger partial charge in [0, 0.05) is 38.2 Å². The van der Waals surface area contributed by atoms with Crippen LogP contribution >= 0.6 is 0 Å². The Labute approximate surface area is 231 Å². The lowest BCUT2D eigenvalue weighted by molar-refractivity contribution is -0.151. The van der Waals surface area contributed by atoms with Gasteiger partial charge in [-0.2, -0.15) is 4.31 Å². The molecule has 0 unspecified atom stereocenters. The Bertz CT molecular complexity index is 1310. The summed E-state index contributed by atoms with van der Waals surface area (Å²) in [5.74, 6) is -0.973. The summed E-state index contributed by atoms with van der Waals surface area (Å²) >= 11 is 0. The first kappa shape index (κ1) is 29.4. The first-order valence-corrected chi connectivity index (χ1v) is 14.8. The second kappa shape index (κ2) is 12.3. The zero-order valence-electron chi connectivity index (χ0n) is 23.1. The Balaban J connectivity index is 1.33. The third-order valence-electron chi connectivity index (χ3n) is 7.74. The van der Waals surface area contributed by atoms with Gasteiger partial charge in [-0.1, -0.05) is 38.1 Å². The summed E-state index contributed by atoms with van der Waals surface area (Å²) in [4.78, 5) is 28.3. The van der Waals surface area contributed by atoms with E-state index in [0.29, 0.717) is 61.4 Å². The molecule has 1 N–H and O–H groups in total. The van der Waals surface area contributed by atoms with Gasteiger partial charge in [-0.05, 0) is 60.6 Å². The van der Waals surface area contributed by atoms with E-state index in [0.717, 1.165) is 5.56 Å². The first-order chi connectivity index (χ1) is 18.5. The lowest BCUT2D eigenvalue weighted by Gasteiger charge is -2.31. The number of likely N-dealkylation sites (N-methyl/N-ethyl adjacent to an activating group) is 1. The first-order valence-electron chi connectivity index (χ1n) is 13.4. The zero-order chi connectivity index (χ0) is 28.3. The Morgan fingerprint density at radius 1 is 1.08 bits per heavy atom. The number of hydrogen-bond donors (Lipinski definition) is 1. The number of carbonyl (C=O) groups is 2. The molecule has 0 saturated carbocycles. The van der Waals surface area contributed by atoms with Gasteiger partial charge in [0.15, 0.2) is 5.78 Å². The van der Waals surface area contributed by atoms with E-state index in [9.17, 15) is 23.0 Å². The molecule has 2 aromatic rings. The van der Waals surface area contributed by atoms with E-state index < -0.39 is 23.1 Å². The number of carbonyl (C=O) groups excluding carboxylic acids is 2. The lowest BCUT2D eigenvalue weighted by atomic mass is 9.74. The van der Waals surface area contributed by atoms with Crippen LogP contribution in [0.25, 0.3) is 0 Å². The third-order valence-corrected chi connectivity index (χ3v) is 9.66. The molecule has 2 aliphatic heterocycles. The number of benzene rings is 2. The number of ketones is 1. The van der Waals surface area contributed by atoms with E-state index in [1.807, 2.05) is 27.0 Å². The number of nitrogens with zero attached hydrogens (tertiary/aromatic N) is 2. The predicted octanol–water partition coefficient (Wildman–Crippen LogP) is 2.13. The van der Waals surface area contributed by atoms with Crippen LogP contribution in [0.3, 0.4) is 0 Å². The fourth-order valence-corrected chi connectivity index (χ4v) is 6.57. The van der Waals surface area contributed by atoms with Crippen molar-refractivity contribution in [2.45, 2.75) is 51.7 Å². The molecule has 0 aliphatic carbocycles. The lowest BCUT2D eigenvalue weighted by Crippen LogP contribution is -2.46. The molecule has 210 valence electrons. The third kappa shape index (κ3) is 6.61. The van der Waals surface area contributed by atoms with Gasteiger partial charge in [0.2, 0.25) is 10.0 Å². The maximum absolute atomic E-state index is 13.0. The zero-order valence-corrected chi connectivity index (χ0v) is 23.9. The number of fused-ring (bicyclic) bond motifs is 1.